The average molecular weight is 246 g/mol. The van der Waals surface area contributed by atoms with Gasteiger partial charge < -0.3 is 4.90 Å². The Balaban J connectivity index is 1.95. The largest absolute Gasteiger partial charge is 0.305 e. The Labute approximate surface area is 112 Å². The predicted molar refractivity (Wildman–Crippen MR) is 78.7 cm³/mol. The molecule has 0 aromatic heterocycles. The van der Waals surface area contributed by atoms with Crippen LogP contribution < -0.4 is 0 Å². The Morgan fingerprint density at radius 2 is 1.94 bits per heavy atom. The molecule has 1 unspecified atom stereocenters. The molecule has 1 aliphatic heterocycles. The van der Waals surface area contributed by atoms with Crippen LogP contribution in [0.25, 0.3) is 0 Å². The van der Waals surface area contributed by atoms with Crippen LogP contribution in [0.4, 0.5) is 0 Å². The van der Waals surface area contributed by atoms with Gasteiger partial charge in [-0.1, -0.05) is 36.8 Å². The molecule has 1 heterocycles. The molecule has 18 heavy (non-hydrogen) atoms. The molecule has 0 aromatic carbocycles. The molecule has 0 amide bonds. The van der Waals surface area contributed by atoms with Crippen molar-refractivity contribution in [3.63, 3.8) is 0 Å². The first-order chi connectivity index (χ1) is 8.63. The molecule has 0 bridgehead atoms. The zero-order valence-electron chi connectivity index (χ0n) is 12.0. The topological polar surface area (TPSA) is 6.48 Å². The molecule has 0 aromatic rings. The van der Waals surface area contributed by atoms with E-state index in [1.165, 1.54) is 43.7 Å². The highest BCUT2D eigenvalue weighted by Gasteiger charge is 2.13. The van der Waals surface area contributed by atoms with E-state index in [2.05, 4.69) is 55.0 Å². The lowest BCUT2D eigenvalue weighted by atomic mass is 10.1. The molecule has 1 saturated heterocycles. The lowest BCUT2D eigenvalue weighted by Crippen LogP contribution is -2.30. The van der Waals surface area contributed by atoms with Crippen molar-refractivity contribution in [3.8, 4) is 0 Å². The number of rotatable bonds is 2. The summed E-state index contributed by atoms with van der Waals surface area (Å²) in [7, 11) is 2.23. The summed E-state index contributed by atoms with van der Waals surface area (Å²) < 4.78 is 0. The van der Waals surface area contributed by atoms with E-state index in [4.69, 9.17) is 0 Å². The molecular weight excluding hydrogens is 220 g/mol. The van der Waals surface area contributed by atoms with E-state index in [1.54, 1.807) is 0 Å². The van der Waals surface area contributed by atoms with Gasteiger partial charge in [0.1, 0.15) is 0 Å². The van der Waals surface area contributed by atoms with Crippen molar-refractivity contribution >= 4 is 0 Å². The highest BCUT2D eigenvalue weighted by molar-refractivity contribution is 5.33. The molecule has 2 heteroatoms. The summed E-state index contributed by atoms with van der Waals surface area (Å²) in [5.74, 6) is 0.560. The molecule has 1 fully saturated rings. The van der Waals surface area contributed by atoms with Crippen LogP contribution in [0.15, 0.2) is 35.5 Å². The van der Waals surface area contributed by atoms with E-state index in [9.17, 15) is 0 Å². The second-order valence-corrected chi connectivity index (χ2v) is 5.78. The fourth-order valence-corrected chi connectivity index (χ4v) is 2.77. The summed E-state index contributed by atoms with van der Waals surface area (Å²) in [6.45, 7) is 10.4. The Morgan fingerprint density at radius 3 is 2.78 bits per heavy atom. The Bertz CT molecular complexity index is 365. The van der Waals surface area contributed by atoms with E-state index in [0.29, 0.717) is 5.92 Å². The zero-order valence-corrected chi connectivity index (χ0v) is 12.0. The first-order valence-corrected chi connectivity index (χ1v) is 7.11. The maximum atomic E-state index is 2.59. The van der Waals surface area contributed by atoms with Crippen LogP contribution >= 0.6 is 0 Å². The summed E-state index contributed by atoms with van der Waals surface area (Å²) >= 11 is 0. The fourth-order valence-electron chi connectivity index (χ4n) is 2.77. The number of allylic oxidation sites excluding steroid dienone is 4. The highest BCUT2D eigenvalue weighted by Crippen LogP contribution is 2.16. The standard InChI is InChI=1S/C16H26N2/c1-14-5-6-16(12-15(2)11-14)13-18-8-4-7-17(3)9-10-18/h5-6,11-12,15H,4,7-10,13H2,1-3H3. The lowest BCUT2D eigenvalue weighted by Gasteiger charge is -2.20. The summed E-state index contributed by atoms with van der Waals surface area (Å²) in [5.41, 5.74) is 2.85. The summed E-state index contributed by atoms with van der Waals surface area (Å²) in [4.78, 5) is 5.03. The first-order valence-electron chi connectivity index (χ1n) is 7.11. The van der Waals surface area contributed by atoms with Crippen molar-refractivity contribution < 1.29 is 0 Å². The molecule has 2 aliphatic rings. The second kappa shape index (κ2) is 6.35. The van der Waals surface area contributed by atoms with Crippen LogP contribution in [0, 0.1) is 5.92 Å². The fraction of sp³-hybridized carbons (Fsp3) is 0.625. The van der Waals surface area contributed by atoms with Crippen molar-refractivity contribution in [3.05, 3.63) is 35.5 Å². The maximum Gasteiger partial charge on any atom is 0.0231 e. The molecule has 2 rings (SSSR count). The Hall–Kier alpha value is -0.860. The minimum Gasteiger partial charge on any atom is -0.305 e. The second-order valence-electron chi connectivity index (χ2n) is 5.78. The minimum atomic E-state index is 0.560. The normalized spacial score (nSPS) is 27.4. The van der Waals surface area contributed by atoms with Gasteiger partial charge in [0.15, 0.2) is 0 Å². The van der Waals surface area contributed by atoms with Crippen LogP contribution in [0.3, 0.4) is 0 Å². The number of hydrogen-bond donors (Lipinski definition) is 0. The van der Waals surface area contributed by atoms with Crippen LogP contribution in [0.1, 0.15) is 20.3 Å². The molecule has 100 valence electrons. The third-order valence-electron chi connectivity index (χ3n) is 3.78. The van der Waals surface area contributed by atoms with Gasteiger partial charge >= 0.3 is 0 Å². The molecule has 0 saturated carbocycles. The maximum absolute atomic E-state index is 2.59. The summed E-state index contributed by atoms with van der Waals surface area (Å²) in [6, 6.07) is 0. The summed E-state index contributed by atoms with van der Waals surface area (Å²) in [6.07, 6.45) is 10.6. The van der Waals surface area contributed by atoms with Gasteiger partial charge in [0.2, 0.25) is 0 Å². The van der Waals surface area contributed by atoms with Crippen molar-refractivity contribution in [2.75, 3.05) is 39.8 Å². The van der Waals surface area contributed by atoms with Crippen LogP contribution in [-0.4, -0.2) is 49.6 Å². The smallest absolute Gasteiger partial charge is 0.0231 e. The monoisotopic (exact) mass is 246 g/mol. The van der Waals surface area contributed by atoms with Gasteiger partial charge in [0.25, 0.3) is 0 Å². The molecule has 0 N–H and O–H groups in total. The van der Waals surface area contributed by atoms with E-state index in [-0.39, 0.29) is 0 Å². The van der Waals surface area contributed by atoms with Crippen molar-refractivity contribution in [2.24, 2.45) is 5.92 Å². The quantitative estimate of drug-likeness (QED) is 0.739. The summed E-state index contributed by atoms with van der Waals surface area (Å²) in [5, 5.41) is 0. The molecule has 0 spiro atoms. The van der Waals surface area contributed by atoms with E-state index < -0.39 is 0 Å². The third kappa shape index (κ3) is 4.11. The Morgan fingerprint density at radius 1 is 1.11 bits per heavy atom. The van der Waals surface area contributed by atoms with Crippen molar-refractivity contribution in [1.29, 1.82) is 0 Å². The number of hydrogen-bond acceptors (Lipinski definition) is 2. The zero-order chi connectivity index (χ0) is 13.0. The van der Waals surface area contributed by atoms with E-state index in [1.807, 2.05) is 0 Å². The first kappa shape index (κ1) is 13.6. The highest BCUT2D eigenvalue weighted by atomic mass is 15.2. The third-order valence-corrected chi connectivity index (χ3v) is 3.78. The van der Waals surface area contributed by atoms with Crippen molar-refractivity contribution in [1.82, 2.24) is 9.80 Å². The Kier molecular flexibility index (Phi) is 4.79. The molecule has 0 radical (unpaired) electrons. The SMILES string of the molecule is CC1=CC(C)C=C(CN2CCCN(C)CC2)C=C1. The van der Waals surface area contributed by atoms with Gasteiger partial charge in [-0.05, 0) is 45.0 Å². The van der Waals surface area contributed by atoms with Gasteiger partial charge in [-0.3, -0.25) is 4.90 Å². The van der Waals surface area contributed by atoms with Gasteiger partial charge in [-0.25, -0.2) is 0 Å². The van der Waals surface area contributed by atoms with Gasteiger partial charge in [-0.15, -0.1) is 0 Å². The molecular formula is C16H26N2. The van der Waals surface area contributed by atoms with E-state index >= 15 is 0 Å². The van der Waals surface area contributed by atoms with Crippen molar-refractivity contribution in [2.45, 2.75) is 20.3 Å². The molecule has 2 nitrogen and oxygen atoms in total. The van der Waals surface area contributed by atoms with Crippen LogP contribution in [0.5, 0.6) is 0 Å². The lowest BCUT2D eigenvalue weighted by molar-refractivity contribution is 0.296. The molecule has 1 atom stereocenters. The van der Waals surface area contributed by atoms with Gasteiger partial charge in [0.05, 0.1) is 0 Å². The minimum absolute atomic E-state index is 0.560. The number of nitrogens with zero attached hydrogens (tertiary/aromatic N) is 2. The van der Waals surface area contributed by atoms with Crippen LogP contribution in [-0.2, 0) is 0 Å². The average Bonchev–Trinajstić information content (AvgIpc) is 2.59. The molecule has 1 aliphatic carbocycles. The van der Waals surface area contributed by atoms with Gasteiger partial charge in [-0.2, -0.15) is 0 Å². The number of likely N-dealkylation sites (N-methyl/N-ethyl adjacent to an activating group) is 1. The van der Waals surface area contributed by atoms with Gasteiger partial charge in [0, 0.05) is 19.6 Å². The predicted octanol–water partition coefficient (Wildman–Crippen LogP) is 2.70. The van der Waals surface area contributed by atoms with Crippen LogP contribution in [0.2, 0.25) is 0 Å². The van der Waals surface area contributed by atoms with E-state index in [0.717, 1.165) is 6.54 Å².